The Bertz CT molecular complexity index is 1510. The molecule has 0 unspecified atom stereocenters. The molecule has 0 radical (unpaired) electrons. The number of amides is 1. The first-order valence-electron chi connectivity index (χ1n) is 11.7. The molecule has 2 N–H and O–H groups in total. The van der Waals surface area contributed by atoms with Crippen molar-refractivity contribution in [1.29, 1.82) is 0 Å². The predicted octanol–water partition coefficient (Wildman–Crippen LogP) is 4.75. The molecule has 1 amide bonds. The number of carbonyl (C=O) groups excluding carboxylic acids is 1. The van der Waals surface area contributed by atoms with Crippen LogP contribution in [0.1, 0.15) is 34.6 Å². The van der Waals surface area contributed by atoms with Crippen molar-refractivity contribution in [2.24, 2.45) is 7.05 Å². The van der Waals surface area contributed by atoms with Gasteiger partial charge in [0.2, 0.25) is 5.95 Å². The Morgan fingerprint density at radius 2 is 1.81 bits per heavy atom. The minimum absolute atomic E-state index is 0.142. The van der Waals surface area contributed by atoms with Gasteiger partial charge in [-0.2, -0.15) is 0 Å². The summed E-state index contributed by atoms with van der Waals surface area (Å²) in [6, 6.07) is 8.73. The molecular formula is C26H29N7O4. The third kappa shape index (κ3) is 6.37. The number of pyridine rings is 3. The van der Waals surface area contributed by atoms with Crippen molar-refractivity contribution in [2.75, 3.05) is 10.6 Å². The number of hydrogen-bond acceptors (Lipinski definition) is 9. The van der Waals surface area contributed by atoms with Crippen molar-refractivity contribution in [3.8, 4) is 22.8 Å². The molecule has 4 heterocycles. The van der Waals surface area contributed by atoms with Crippen molar-refractivity contribution in [2.45, 2.75) is 46.3 Å². The fourth-order valence-corrected chi connectivity index (χ4v) is 3.40. The van der Waals surface area contributed by atoms with Gasteiger partial charge in [-0.05, 0) is 58.9 Å². The lowest BCUT2D eigenvalue weighted by atomic mass is 10.2. The molecule has 0 saturated heterocycles. The van der Waals surface area contributed by atoms with Gasteiger partial charge in [-0.25, -0.2) is 24.7 Å². The Balaban J connectivity index is 1.53. The number of ether oxygens (including phenoxy) is 2. The topological polar surface area (TPSA) is 133 Å². The molecule has 4 aromatic heterocycles. The van der Waals surface area contributed by atoms with E-state index in [1.807, 2.05) is 19.9 Å². The number of anilines is 2. The normalized spacial score (nSPS) is 11.4. The second-order valence-electron chi connectivity index (χ2n) is 9.68. The number of aromatic nitrogens is 5. The lowest BCUT2D eigenvalue weighted by molar-refractivity contribution is 0.0635. The average molecular weight is 504 g/mol. The Labute approximate surface area is 213 Å². The zero-order valence-corrected chi connectivity index (χ0v) is 21.6. The van der Waals surface area contributed by atoms with Crippen LogP contribution in [0.25, 0.3) is 22.3 Å². The lowest BCUT2D eigenvalue weighted by Crippen LogP contribution is -2.27. The lowest BCUT2D eigenvalue weighted by Gasteiger charge is -2.19. The van der Waals surface area contributed by atoms with Crippen LogP contribution in [0.2, 0.25) is 0 Å². The van der Waals surface area contributed by atoms with Crippen molar-refractivity contribution in [3.63, 3.8) is 0 Å². The first kappa shape index (κ1) is 25.5. The third-order valence-electron chi connectivity index (χ3n) is 4.98. The molecule has 11 nitrogen and oxygen atoms in total. The van der Waals surface area contributed by atoms with Crippen LogP contribution in [0.4, 0.5) is 16.6 Å². The van der Waals surface area contributed by atoms with Gasteiger partial charge in [0.1, 0.15) is 22.9 Å². The molecule has 0 saturated carbocycles. The van der Waals surface area contributed by atoms with Crippen LogP contribution in [-0.2, 0) is 11.8 Å². The Morgan fingerprint density at radius 1 is 1.03 bits per heavy atom. The minimum atomic E-state index is -0.624. The summed E-state index contributed by atoms with van der Waals surface area (Å²) in [5.41, 5.74) is 0.477. The summed E-state index contributed by atoms with van der Waals surface area (Å²) in [4.78, 5) is 42.3. The van der Waals surface area contributed by atoms with E-state index in [1.165, 1.54) is 23.2 Å². The molecule has 11 heteroatoms. The fraction of sp³-hybridized carbons (Fsp3) is 0.308. The SMILES string of the molecule is CC(C)Nc1ncc(-c2ccc3cc(Oc4ccnc(NC(=O)OC(C)(C)C)c4)cnc3n2)c(=O)n1C. The summed E-state index contributed by atoms with van der Waals surface area (Å²) >= 11 is 0. The van der Waals surface area contributed by atoms with Gasteiger partial charge in [0, 0.05) is 36.9 Å². The maximum atomic E-state index is 12.9. The van der Waals surface area contributed by atoms with E-state index in [0.717, 1.165) is 5.39 Å². The number of fused-ring (bicyclic) bond motifs is 1. The van der Waals surface area contributed by atoms with E-state index >= 15 is 0 Å². The maximum Gasteiger partial charge on any atom is 0.413 e. The Kier molecular flexibility index (Phi) is 7.05. The highest BCUT2D eigenvalue weighted by Crippen LogP contribution is 2.26. The summed E-state index contributed by atoms with van der Waals surface area (Å²) in [6.45, 7) is 9.29. The predicted molar refractivity (Wildman–Crippen MR) is 141 cm³/mol. The highest BCUT2D eigenvalue weighted by Gasteiger charge is 2.17. The zero-order chi connectivity index (χ0) is 26.7. The number of carbonyl (C=O) groups is 1. The molecule has 0 atom stereocenters. The second kappa shape index (κ2) is 10.2. The number of rotatable bonds is 6. The Morgan fingerprint density at radius 3 is 2.54 bits per heavy atom. The monoisotopic (exact) mass is 503 g/mol. The molecule has 4 rings (SSSR count). The van der Waals surface area contributed by atoms with Crippen molar-refractivity contribution < 1.29 is 14.3 Å². The van der Waals surface area contributed by atoms with E-state index in [2.05, 4.69) is 30.6 Å². The molecule has 0 spiro atoms. The molecule has 4 aromatic rings. The Hall–Kier alpha value is -4.54. The standard InChI is InChI=1S/C26H29N7O4/c1-15(2)30-24-29-14-19(23(34)33(24)6)20-8-7-16-11-18(13-28-22(16)31-20)36-17-9-10-27-21(12-17)32-25(35)37-26(3,4)5/h7-15H,1-6H3,(H,29,30)(H,27,32,35). The molecular weight excluding hydrogens is 474 g/mol. The highest BCUT2D eigenvalue weighted by molar-refractivity contribution is 5.84. The van der Waals surface area contributed by atoms with Crippen molar-refractivity contribution in [1.82, 2.24) is 24.5 Å². The zero-order valence-electron chi connectivity index (χ0n) is 21.6. The summed E-state index contributed by atoms with van der Waals surface area (Å²) in [5.74, 6) is 1.70. The molecule has 0 fully saturated rings. The smallest absolute Gasteiger partial charge is 0.413 e. The van der Waals surface area contributed by atoms with Gasteiger partial charge in [0.05, 0.1) is 17.5 Å². The van der Waals surface area contributed by atoms with Gasteiger partial charge in [0.25, 0.3) is 5.56 Å². The van der Waals surface area contributed by atoms with E-state index in [-0.39, 0.29) is 17.4 Å². The van der Waals surface area contributed by atoms with E-state index in [0.29, 0.717) is 34.4 Å². The van der Waals surface area contributed by atoms with E-state index < -0.39 is 11.7 Å². The summed E-state index contributed by atoms with van der Waals surface area (Å²) in [7, 11) is 1.67. The van der Waals surface area contributed by atoms with E-state index in [4.69, 9.17) is 9.47 Å². The number of nitrogens with zero attached hydrogens (tertiary/aromatic N) is 5. The molecule has 0 aliphatic carbocycles. The van der Waals surface area contributed by atoms with Crippen LogP contribution >= 0.6 is 0 Å². The van der Waals surface area contributed by atoms with Gasteiger partial charge in [-0.1, -0.05) is 0 Å². The summed E-state index contributed by atoms with van der Waals surface area (Å²) in [6.07, 6.45) is 3.96. The van der Waals surface area contributed by atoms with Crippen LogP contribution in [-0.4, -0.2) is 42.2 Å². The molecule has 192 valence electrons. The molecule has 0 aromatic carbocycles. The van der Waals surface area contributed by atoms with Gasteiger partial charge in [-0.15, -0.1) is 0 Å². The van der Waals surface area contributed by atoms with Crippen LogP contribution in [0.5, 0.6) is 11.5 Å². The first-order valence-corrected chi connectivity index (χ1v) is 11.7. The van der Waals surface area contributed by atoms with Crippen LogP contribution in [0, 0.1) is 0 Å². The summed E-state index contributed by atoms with van der Waals surface area (Å²) in [5, 5.41) is 6.45. The largest absolute Gasteiger partial charge is 0.456 e. The van der Waals surface area contributed by atoms with Gasteiger partial charge in [-0.3, -0.25) is 14.7 Å². The van der Waals surface area contributed by atoms with E-state index in [1.54, 1.807) is 52.1 Å². The minimum Gasteiger partial charge on any atom is -0.456 e. The first-order chi connectivity index (χ1) is 17.5. The van der Waals surface area contributed by atoms with E-state index in [9.17, 15) is 9.59 Å². The van der Waals surface area contributed by atoms with Gasteiger partial charge in [0.15, 0.2) is 5.65 Å². The van der Waals surface area contributed by atoms with Crippen LogP contribution < -0.4 is 20.9 Å². The fourth-order valence-electron chi connectivity index (χ4n) is 3.40. The molecule has 0 aliphatic rings. The summed E-state index contributed by atoms with van der Waals surface area (Å²) < 4.78 is 12.6. The molecule has 0 aliphatic heterocycles. The number of hydrogen-bond donors (Lipinski definition) is 2. The van der Waals surface area contributed by atoms with Crippen molar-refractivity contribution in [3.05, 3.63) is 59.3 Å². The van der Waals surface area contributed by atoms with Gasteiger partial charge < -0.3 is 14.8 Å². The third-order valence-corrected chi connectivity index (χ3v) is 4.98. The highest BCUT2D eigenvalue weighted by atomic mass is 16.6. The number of nitrogens with one attached hydrogen (secondary N) is 2. The van der Waals surface area contributed by atoms with Gasteiger partial charge >= 0.3 is 6.09 Å². The average Bonchev–Trinajstić information content (AvgIpc) is 2.80. The quantitative estimate of drug-likeness (QED) is 0.382. The van der Waals surface area contributed by atoms with Crippen molar-refractivity contribution >= 4 is 28.9 Å². The maximum absolute atomic E-state index is 12.9. The second-order valence-corrected chi connectivity index (χ2v) is 9.68. The molecule has 37 heavy (non-hydrogen) atoms. The molecule has 0 bridgehead atoms. The van der Waals surface area contributed by atoms with Crippen LogP contribution in [0.15, 0.2) is 53.7 Å². The van der Waals surface area contributed by atoms with Crippen LogP contribution in [0.3, 0.4) is 0 Å².